The van der Waals surface area contributed by atoms with Gasteiger partial charge in [0.05, 0.1) is 5.69 Å². The maximum Gasteiger partial charge on any atom is 0.247 e. The molecule has 0 aliphatic heterocycles. The quantitative estimate of drug-likeness (QED) is 0.488. The topological polar surface area (TPSA) is 85.8 Å². The maximum absolute atomic E-state index is 12.1. The minimum absolute atomic E-state index is 0.0294. The molecular formula is C23H23N5O2. The fraction of sp³-hybridized carbons (Fsp3) is 0.217. The van der Waals surface area contributed by atoms with E-state index in [1.54, 1.807) is 6.20 Å². The van der Waals surface area contributed by atoms with E-state index >= 15 is 0 Å². The molecular weight excluding hydrogens is 378 g/mol. The van der Waals surface area contributed by atoms with E-state index in [-0.39, 0.29) is 5.91 Å². The first-order valence-electron chi connectivity index (χ1n) is 9.92. The van der Waals surface area contributed by atoms with Crippen molar-refractivity contribution < 1.29 is 9.21 Å². The highest BCUT2D eigenvalue weighted by molar-refractivity contribution is 5.76. The van der Waals surface area contributed by atoms with Gasteiger partial charge in [-0.25, -0.2) is 4.68 Å². The first-order chi connectivity index (χ1) is 14.7. The van der Waals surface area contributed by atoms with Crippen LogP contribution in [0, 0.1) is 6.92 Å². The highest BCUT2D eigenvalue weighted by atomic mass is 16.4. The molecule has 2 heterocycles. The Bertz CT molecular complexity index is 1080. The Balaban J connectivity index is 1.20. The van der Waals surface area contributed by atoms with Crippen LogP contribution in [0.5, 0.6) is 0 Å². The van der Waals surface area contributed by atoms with Crippen LogP contribution in [0.4, 0.5) is 0 Å². The van der Waals surface area contributed by atoms with Gasteiger partial charge in [-0.3, -0.25) is 4.79 Å². The van der Waals surface area contributed by atoms with Crippen molar-refractivity contribution in [2.45, 2.75) is 26.2 Å². The molecule has 2 aromatic heterocycles. The lowest BCUT2D eigenvalue weighted by Gasteiger charge is -2.06. The number of carbonyl (C=O) groups is 1. The molecule has 1 amide bonds. The maximum atomic E-state index is 12.1. The van der Waals surface area contributed by atoms with E-state index < -0.39 is 0 Å². The van der Waals surface area contributed by atoms with E-state index in [0.717, 1.165) is 23.2 Å². The molecule has 0 radical (unpaired) electrons. The Labute approximate surface area is 174 Å². The van der Waals surface area contributed by atoms with Crippen molar-refractivity contribution in [2.75, 3.05) is 6.54 Å². The van der Waals surface area contributed by atoms with Crippen LogP contribution in [0.25, 0.3) is 17.1 Å². The molecule has 0 aliphatic carbocycles. The third-order valence-corrected chi connectivity index (χ3v) is 4.77. The summed E-state index contributed by atoms with van der Waals surface area (Å²) < 4.78 is 7.48. The summed E-state index contributed by atoms with van der Waals surface area (Å²) in [6.07, 6.45) is 5.16. The third-order valence-electron chi connectivity index (χ3n) is 4.77. The fourth-order valence-electron chi connectivity index (χ4n) is 3.06. The number of rotatable bonds is 8. The van der Waals surface area contributed by atoms with E-state index in [4.69, 9.17) is 4.42 Å². The van der Waals surface area contributed by atoms with Gasteiger partial charge in [0.15, 0.2) is 0 Å². The van der Waals surface area contributed by atoms with Crippen molar-refractivity contribution in [1.29, 1.82) is 0 Å². The second kappa shape index (κ2) is 9.17. The molecule has 2 aromatic carbocycles. The van der Waals surface area contributed by atoms with Crippen molar-refractivity contribution in [3.05, 3.63) is 84.0 Å². The van der Waals surface area contributed by atoms with Crippen LogP contribution in [0.1, 0.15) is 23.4 Å². The first-order valence-corrected chi connectivity index (χ1v) is 9.92. The highest BCUT2D eigenvalue weighted by Gasteiger charge is 2.10. The van der Waals surface area contributed by atoms with Gasteiger partial charge in [0.1, 0.15) is 0 Å². The zero-order valence-corrected chi connectivity index (χ0v) is 16.8. The molecule has 0 bridgehead atoms. The normalized spacial score (nSPS) is 10.8. The van der Waals surface area contributed by atoms with Crippen LogP contribution < -0.4 is 5.32 Å². The fourth-order valence-corrected chi connectivity index (χ4v) is 3.06. The molecule has 1 N–H and O–H groups in total. The Hall–Kier alpha value is -3.74. The Morgan fingerprint density at radius 1 is 1.03 bits per heavy atom. The third kappa shape index (κ3) is 5.00. The number of amides is 1. The van der Waals surface area contributed by atoms with Crippen LogP contribution >= 0.6 is 0 Å². The van der Waals surface area contributed by atoms with Crippen molar-refractivity contribution in [3.63, 3.8) is 0 Å². The molecule has 7 heteroatoms. The van der Waals surface area contributed by atoms with Crippen LogP contribution in [0.2, 0.25) is 0 Å². The Morgan fingerprint density at radius 3 is 2.57 bits per heavy atom. The van der Waals surface area contributed by atoms with E-state index in [2.05, 4.69) is 20.6 Å². The number of aromatic nitrogens is 4. The van der Waals surface area contributed by atoms with Gasteiger partial charge >= 0.3 is 0 Å². The second-order valence-electron chi connectivity index (χ2n) is 7.08. The van der Waals surface area contributed by atoms with E-state index in [1.165, 1.54) is 5.56 Å². The predicted octanol–water partition coefficient (Wildman–Crippen LogP) is 3.52. The Morgan fingerprint density at radius 2 is 1.83 bits per heavy atom. The summed E-state index contributed by atoms with van der Waals surface area (Å²) in [6.45, 7) is 2.61. The van der Waals surface area contributed by atoms with Crippen LogP contribution in [-0.2, 0) is 17.6 Å². The number of benzene rings is 2. The number of nitrogens with zero attached hydrogens (tertiary/aromatic N) is 4. The van der Waals surface area contributed by atoms with Gasteiger partial charge in [0, 0.05) is 37.3 Å². The minimum Gasteiger partial charge on any atom is -0.421 e. The zero-order valence-electron chi connectivity index (χ0n) is 16.8. The monoisotopic (exact) mass is 401 g/mol. The largest absolute Gasteiger partial charge is 0.421 e. The van der Waals surface area contributed by atoms with Gasteiger partial charge in [0.2, 0.25) is 17.7 Å². The number of hydrogen-bond acceptors (Lipinski definition) is 5. The molecule has 0 atom stereocenters. The van der Waals surface area contributed by atoms with E-state index in [0.29, 0.717) is 31.2 Å². The van der Waals surface area contributed by atoms with Crippen molar-refractivity contribution in [2.24, 2.45) is 0 Å². The van der Waals surface area contributed by atoms with Crippen LogP contribution in [0.15, 0.2) is 71.4 Å². The number of aryl methyl sites for hydroxylation is 2. The van der Waals surface area contributed by atoms with Crippen LogP contribution in [-0.4, -0.2) is 32.4 Å². The average Bonchev–Trinajstić information content (AvgIpc) is 3.46. The summed E-state index contributed by atoms with van der Waals surface area (Å²) in [5, 5.41) is 15.3. The molecule has 0 saturated carbocycles. The molecule has 30 heavy (non-hydrogen) atoms. The molecule has 152 valence electrons. The molecule has 0 spiro atoms. The number of hydrogen-bond donors (Lipinski definition) is 1. The predicted molar refractivity (Wildman–Crippen MR) is 113 cm³/mol. The summed E-state index contributed by atoms with van der Waals surface area (Å²) in [6, 6.07) is 17.9. The van der Waals surface area contributed by atoms with Gasteiger partial charge < -0.3 is 9.73 Å². The van der Waals surface area contributed by atoms with Gasteiger partial charge in [0.25, 0.3) is 0 Å². The molecule has 4 rings (SSSR count). The lowest BCUT2D eigenvalue weighted by atomic mass is 10.1. The van der Waals surface area contributed by atoms with Crippen molar-refractivity contribution in [1.82, 2.24) is 25.3 Å². The molecule has 0 unspecified atom stereocenters. The van der Waals surface area contributed by atoms with Gasteiger partial charge in [-0.1, -0.05) is 29.8 Å². The molecule has 7 nitrogen and oxygen atoms in total. The molecule has 0 aliphatic rings. The average molecular weight is 401 g/mol. The van der Waals surface area contributed by atoms with Gasteiger partial charge in [-0.2, -0.15) is 5.10 Å². The highest BCUT2D eigenvalue weighted by Crippen LogP contribution is 2.18. The van der Waals surface area contributed by atoms with Gasteiger partial charge in [-0.05, 0) is 49.2 Å². The summed E-state index contributed by atoms with van der Waals surface area (Å²) in [4.78, 5) is 12.1. The second-order valence-corrected chi connectivity index (χ2v) is 7.08. The standard InChI is InChI=1S/C23H23N5O2/c1-17-3-7-19(8-4-17)23-27-26-22(30-23)12-11-21(29)24-15-13-18-5-9-20(10-6-18)28-16-2-14-25-28/h2-10,14,16H,11-13,15H2,1H3,(H,24,29). The lowest BCUT2D eigenvalue weighted by Crippen LogP contribution is -2.25. The lowest BCUT2D eigenvalue weighted by molar-refractivity contribution is -0.121. The minimum atomic E-state index is -0.0294. The Kier molecular flexibility index (Phi) is 5.98. The number of carbonyl (C=O) groups excluding carboxylic acids is 1. The summed E-state index contributed by atoms with van der Waals surface area (Å²) in [5.74, 6) is 0.914. The van der Waals surface area contributed by atoms with E-state index in [1.807, 2.05) is 72.4 Å². The molecule has 0 saturated heterocycles. The van der Waals surface area contributed by atoms with Crippen LogP contribution in [0.3, 0.4) is 0 Å². The first kappa shape index (κ1) is 19.6. The van der Waals surface area contributed by atoms with E-state index in [9.17, 15) is 4.79 Å². The molecule has 4 aromatic rings. The smallest absolute Gasteiger partial charge is 0.247 e. The summed E-state index contributed by atoms with van der Waals surface area (Å²) in [7, 11) is 0. The van der Waals surface area contributed by atoms with Crippen molar-refractivity contribution in [3.8, 4) is 17.1 Å². The zero-order chi connectivity index (χ0) is 20.8. The number of nitrogens with one attached hydrogen (secondary N) is 1. The molecule has 0 fully saturated rings. The summed E-state index contributed by atoms with van der Waals surface area (Å²) in [5.41, 5.74) is 4.22. The van der Waals surface area contributed by atoms with Gasteiger partial charge in [-0.15, -0.1) is 10.2 Å². The SMILES string of the molecule is Cc1ccc(-c2nnc(CCC(=O)NCCc3ccc(-n4cccn4)cc3)o2)cc1. The van der Waals surface area contributed by atoms with Crippen molar-refractivity contribution >= 4 is 5.91 Å². The summed E-state index contributed by atoms with van der Waals surface area (Å²) >= 11 is 0.